The van der Waals surface area contributed by atoms with Gasteiger partial charge in [-0.2, -0.15) is 0 Å². The Morgan fingerprint density at radius 3 is 2.53 bits per heavy atom. The molecule has 0 saturated heterocycles. The number of benzene rings is 2. The molecule has 1 aliphatic rings. The second-order valence-electron chi connectivity index (χ2n) is 7.11. The van der Waals surface area contributed by atoms with Gasteiger partial charge in [-0.05, 0) is 49.4 Å². The van der Waals surface area contributed by atoms with Gasteiger partial charge in [0.15, 0.2) is 15.6 Å². The van der Waals surface area contributed by atoms with E-state index in [0.29, 0.717) is 29.1 Å². The highest BCUT2D eigenvalue weighted by Crippen LogP contribution is 2.33. The lowest BCUT2D eigenvalue weighted by Gasteiger charge is -2.14. The van der Waals surface area contributed by atoms with Crippen LogP contribution in [0.4, 0.5) is 11.4 Å². The second kappa shape index (κ2) is 9.01. The van der Waals surface area contributed by atoms with Gasteiger partial charge in [0.25, 0.3) is 0 Å². The van der Waals surface area contributed by atoms with Crippen molar-refractivity contribution in [2.45, 2.75) is 30.1 Å². The molecule has 0 saturated carbocycles. The van der Waals surface area contributed by atoms with E-state index < -0.39 is 21.7 Å². The van der Waals surface area contributed by atoms with E-state index in [9.17, 15) is 22.8 Å². The van der Waals surface area contributed by atoms with E-state index in [1.165, 1.54) is 37.7 Å². The predicted octanol–water partition coefficient (Wildman–Crippen LogP) is 3.37. The third-order valence-corrected chi connectivity index (χ3v) is 7.63. The SMILES string of the molecule is CC(=O)c1ccc(NC(=O)[C@H](C)CS(=O)(=O)c2ccc3c(c2)NC(=O)CCS3)cc1. The average Bonchev–Trinajstić information content (AvgIpc) is 2.87. The van der Waals surface area contributed by atoms with Crippen molar-refractivity contribution in [3.05, 3.63) is 48.0 Å². The molecular weight excluding hydrogens is 424 g/mol. The number of thioether (sulfide) groups is 1. The van der Waals surface area contributed by atoms with Gasteiger partial charge in [-0.15, -0.1) is 11.8 Å². The van der Waals surface area contributed by atoms with Crippen LogP contribution in [0.5, 0.6) is 0 Å². The van der Waals surface area contributed by atoms with Crippen molar-refractivity contribution in [2.75, 3.05) is 22.1 Å². The Bertz CT molecular complexity index is 1090. The fourth-order valence-electron chi connectivity index (χ4n) is 2.95. The van der Waals surface area contributed by atoms with Crippen molar-refractivity contribution in [1.29, 1.82) is 0 Å². The minimum Gasteiger partial charge on any atom is -0.326 e. The van der Waals surface area contributed by atoms with Gasteiger partial charge in [-0.3, -0.25) is 14.4 Å². The maximum absolute atomic E-state index is 12.8. The number of sulfone groups is 1. The largest absolute Gasteiger partial charge is 0.326 e. The lowest BCUT2D eigenvalue weighted by Crippen LogP contribution is -2.27. The summed E-state index contributed by atoms with van der Waals surface area (Å²) in [4.78, 5) is 36.4. The van der Waals surface area contributed by atoms with Crippen LogP contribution < -0.4 is 10.6 Å². The van der Waals surface area contributed by atoms with Crippen LogP contribution in [0.2, 0.25) is 0 Å². The van der Waals surface area contributed by atoms with Crippen LogP contribution in [0, 0.1) is 5.92 Å². The summed E-state index contributed by atoms with van der Waals surface area (Å²) in [5, 5.41) is 5.40. The van der Waals surface area contributed by atoms with Crippen LogP contribution in [-0.4, -0.2) is 37.5 Å². The molecule has 2 aromatic rings. The third-order valence-electron chi connectivity index (χ3n) is 4.65. The number of rotatable bonds is 6. The van der Waals surface area contributed by atoms with E-state index in [1.807, 2.05) is 0 Å². The molecule has 30 heavy (non-hydrogen) atoms. The van der Waals surface area contributed by atoms with Gasteiger partial charge in [0.2, 0.25) is 11.8 Å². The molecule has 7 nitrogen and oxygen atoms in total. The maximum atomic E-state index is 12.8. The molecule has 158 valence electrons. The van der Waals surface area contributed by atoms with E-state index in [-0.39, 0.29) is 22.3 Å². The van der Waals surface area contributed by atoms with Gasteiger partial charge >= 0.3 is 0 Å². The number of anilines is 2. The summed E-state index contributed by atoms with van der Waals surface area (Å²) in [5.41, 5.74) is 1.49. The van der Waals surface area contributed by atoms with Gasteiger partial charge in [0.1, 0.15) is 0 Å². The fraction of sp³-hybridized carbons (Fsp3) is 0.286. The Labute approximate surface area is 179 Å². The maximum Gasteiger partial charge on any atom is 0.228 e. The first kappa shape index (κ1) is 22.0. The molecule has 2 aromatic carbocycles. The van der Waals surface area contributed by atoms with Crippen LogP contribution in [0.15, 0.2) is 52.3 Å². The van der Waals surface area contributed by atoms with Crippen LogP contribution >= 0.6 is 11.8 Å². The summed E-state index contributed by atoms with van der Waals surface area (Å²) in [7, 11) is -3.74. The van der Waals surface area contributed by atoms with Crippen molar-refractivity contribution in [3.8, 4) is 0 Å². The zero-order valence-corrected chi connectivity index (χ0v) is 18.2. The van der Waals surface area contributed by atoms with E-state index in [1.54, 1.807) is 30.3 Å². The number of hydrogen-bond acceptors (Lipinski definition) is 6. The minimum absolute atomic E-state index is 0.0644. The number of nitrogens with one attached hydrogen (secondary N) is 2. The first-order valence-electron chi connectivity index (χ1n) is 9.37. The first-order valence-corrected chi connectivity index (χ1v) is 12.0. The number of ketones is 1. The van der Waals surface area contributed by atoms with Gasteiger partial charge in [0.05, 0.1) is 16.3 Å². The van der Waals surface area contributed by atoms with Crippen molar-refractivity contribution in [1.82, 2.24) is 0 Å². The lowest BCUT2D eigenvalue weighted by atomic mass is 10.1. The average molecular weight is 447 g/mol. The van der Waals surface area contributed by atoms with Gasteiger partial charge in [0, 0.05) is 34.2 Å². The second-order valence-corrected chi connectivity index (χ2v) is 10.3. The summed E-state index contributed by atoms with van der Waals surface area (Å²) in [6.45, 7) is 2.99. The van der Waals surface area contributed by atoms with E-state index >= 15 is 0 Å². The summed E-state index contributed by atoms with van der Waals surface area (Å²) >= 11 is 1.49. The normalized spacial score (nSPS) is 14.8. The zero-order valence-electron chi connectivity index (χ0n) is 16.6. The molecule has 1 aliphatic heterocycles. The summed E-state index contributed by atoms with van der Waals surface area (Å²) in [5.74, 6) is -1.21. The van der Waals surface area contributed by atoms with Gasteiger partial charge < -0.3 is 10.6 Å². The first-order chi connectivity index (χ1) is 14.2. The number of Topliss-reactive ketones (excluding diaryl/α,β-unsaturated/α-hetero) is 1. The number of fused-ring (bicyclic) bond motifs is 1. The Kier molecular flexibility index (Phi) is 6.62. The smallest absolute Gasteiger partial charge is 0.228 e. The molecule has 1 atom stereocenters. The summed E-state index contributed by atoms with van der Waals surface area (Å²) in [6, 6.07) is 11.0. The standard InChI is InChI=1S/C21H22N2O5S2/c1-13(21(26)22-16-5-3-15(4-6-16)14(2)24)12-30(27,28)17-7-8-19-18(11-17)23-20(25)9-10-29-19/h3-8,11,13H,9-10,12H2,1-2H3,(H,22,26)(H,23,25)/t13-/m1/s1. The van der Waals surface area contributed by atoms with Crippen molar-refractivity contribution in [2.24, 2.45) is 5.92 Å². The predicted molar refractivity (Wildman–Crippen MR) is 117 cm³/mol. The highest BCUT2D eigenvalue weighted by Gasteiger charge is 2.25. The number of carbonyl (C=O) groups excluding carboxylic acids is 3. The highest BCUT2D eigenvalue weighted by atomic mass is 32.2. The third kappa shape index (κ3) is 5.28. The molecule has 2 N–H and O–H groups in total. The van der Waals surface area contributed by atoms with Crippen molar-refractivity contribution in [3.63, 3.8) is 0 Å². The Morgan fingerprint density at radius 1 is 1.17 bits per heavy atom. The van der Waals surface area contributed by atoms with Gasteiger partial charge in [-0.25, -0.2) is 8.42 Å². The lowest BCUT2D eigenvalue weighted by molar-refractivity contribution is -0.119. The van der Waals surface area contributed by atoms with E-state index in [4.69, 9.17) is 0 Å². The molecule has 0 bridgehead atoms. The molecular formula is C21H22N2O5S2. The van der Waals surface area contributed by atoms with Crippen molar-refractivity contribution >= 4 is 50.6 Å². The number of hydrogen-bond donors (Lipinski definition) is 2. The highest BCUT2D eigenvalue weighted by molar-refractivity contribution is 7.99. The minimum atomic E-state index is -3.74. The summed E-state index contributed by atoms with van der Waals surface area (Å²) < 4.78 is 25.7. The van der Waals surface area contributed by atoms with Crippen molar-refractivity contribution < 1.29 is 22.8 Å². The van der Waals surface area contributed by atoms with Crippen LogP contribution in [-0.2, 0) is 19.4 Å². The number of amides is 2. The molecule has 0 spiro atoms. The van der Waals surface area contributed by atoms with Crippen LogP contribution in [0.1, 0.15) is 30.6 Å². The summed E-state index contributed by atoms with van der Waals surface area (Å²) in [6.07, 6.45) is 0.367. The molecule has 0 radical (unpaired) electrons. The van der Waals surface area contributed by atoms with Gasteiger partial charge in [-0.1, -0.05) is 6.92 Å². The fourth-order valence-corrected chi connectivity index (χ4v) is 5.46. The quantitative estimate of drug-likeness (QED) is 0.659. The van der Waals surface area contributed by atoms with E-state index in [0.717, 1.165) is 4.90 Å². The Morgan fingerprint density at radius 2 is 1.87 bits per heavy atom. The molecule has 1 heterocycles. The molecule has 9 heteroatoms. The molecule has 3 rings (SSSR count). The molecule has 0 aromatic heterocycles. The molecule has 0 fully saturated rings. The number of carbonyl (C=O) groups is 3. The molecule has 2 amide bonds. The molecule has 0 unspecified atom stereocenters. The zero-order chi connectivity index (χ0) is 21.9. The monoisotopic (exact) mass is 446 g/mol. The Hall–Kier alpha value is -2.65. The van der Waals surface area contributed by atoms with Crippen LogP contribution in [0.25, 0.3) is 0 Å². The topological polar surface area (TPSA) is 109 Å². The van der Waals surface area contributed by atoms with Crippen LogP contribution in [0.3, 0.4) is 0 Å². The Balaban J connectivity index is 1.70. The molecule has 0 aliphatic carbocycles. The van der Waals surface area contributed by atoms with E-state index in [2.05, 4.69) is 10.6 Å².